The van der Waals surface area contributed by atoms with Gasteiger partial charge in [0.1, 0.15) is 6.33 Å². The minimum absolute atomic E-state index is 0.682. The second-order valence-electron chi connectivity index (χ2n) is 5.44. The molecule has 1 aliphatic rings. The summed E-state index contributed by atoms with van der Waals surface area (Å²) < 4.78 is 0. The monoisotopic (exact) mass is 247 g/mol. The molecule has 3 nitrogen and oxygen atoms in total. The zero-order valence-electron chi connectivity index (χ0n) is 11.4. The van der Waals surface area contributed by atoms with Gasteiger partial charge in [0.2, 0.25) is 0 Å². The Morgan fingerprint density at radius 3 is 3.00 bits per heavy atom. The van der Waals surface area contributed by atoms with E-state index in [1.54, 1.807) is 6.33 Å². The van der Waals surface area contributed by atoms with Crippen molar-refractivity contribution >= 4 is 0 Å². The molecule has 2 unspecified atom stereocenters. The van der Waals surface area contributed by atoms with Crippen LogP contribution in [0.2, 0.25) is 0 Å². The van der Waals surface area contributed by atoms with Gasteiger partial charge < -0.3 is 5.32 Å². The Morgan fingerprint density at radius 1 is 1.28 bits per heavy atom. The molecule has 2 rings (SSSR count). The van der Waals surface area contributed by atoms with Gasteiger partial charge in [-0.1, -0.05) is 32.6 Å². The van der Waals surface area contributed by atoms with Crippen LogP contribution in [-0.4, -0.2) is 16.0 Å². The first-order chi connectivity index (χ1) is 8.88. The fraction of sp³-hybridized carbons (Fsp3) is 0.733. The Balaban J connectivity index is 1.73. The maximum atomic E-state index is 4.26. The van der Waals surface area contributed by atoms with Gasteiger partial charge in [0.15, 0.2) is 0 Å². The molecule has 2 atom stereocenters. The van der Waals surface area contributed by atoms with Crippen LogP contribution >= 0.6 is 0 Å². The lowest BCUT2D eigenvalue weighted by Gasteiger charge is -2.16. The van der Waals surface area contributed by atoms with E-state index in [-0.39, 0.29) is 0 Å². The van der Waals surface area contributed by atoms with E-state index in [0.29, 0.717) is 6.04 Å². The van der Waals surface area contributed by atoms with Crippen molar-refractivity contribution in [3.05, 3.63) is 24.3 Å². The van der Waals surface area contributed by atoms with Crippen molar-refractivity contribution in [2.45, 2.75) is 64.5 Å². The largest absolute Gasteiger partial charge is 0.308 e. The number of hydrogen-bond acceptors (Lipinski definition) is 3. The zero-order chi connectivity index (χ0) is 12.6. The summed E-state index contributed by atoms with van der Waals surface area (Å²) in [5, 5.41) is 3.65. The zero-order valence-corrected chi connectivity index (χ0v) is 11.4. The number of hydrogen-bond donors (Lipinski definition) is 1. The van der Waals surface area contributed by atoms with E-state index in [0.717, 1.165) is 18.2 Å². The fourth-order valence-corrected chi connectivity index (χ4v) is 2.95. The van der Waals surface area contributed by atoms with Gasteiger partial charge in [-0.2, -0.15) is 0 Å². The molecule has 1 aromatic rings. The van der Waals surface area contributed by atoms with Gasteiger partial charge >= 0.3 is 0 Å². The minimum Gasteiger partial charge on any atom is -0.308 e. The molecule has 1 saturated carbocycles. The van der Waals surface area contributed by atoms with E-state index in [1.165, 1.54) is 44.9 Å². The molecule has 1 aromatic heterocycles. The highest BCUT2D eigenvalue weighted by Crippen LogP contribution is 2.26. The van der Waals surface area contributed by atoms with Crippen molar-refractivity contribution in [2.24, 2.45) is 5.92 Å². The van der Waals surface area contributed by atoms with E-state index in [4.69, 9.17) is 0 Å². The van der Waals surface area contributed by atoms with E-state index >= 15 is 0 Å². The molecule has 1 N–H and O–H groups in total. The molecule has 0 aromatic carbocycles. The first-order valence-corrected chi connectivity index (χ1v) is 7.36. The number of nitrogens with zero attached hydrogens (tertiary/aromatic N) is 2. The third kappa shape index (κ3) is 4.37. The van der Waals surface area contributed by atoms with Crippen molar-refractivity contribution < 1.29 is 0 Å². The highest BCUT2D eigenvalue weighted by atomic mass is 14.9. The Kier molecular flexibility index (Phi) is 5.59. The Bertz CT molecular complexity index is 326. The summed E-state index contributed by atoms with van der Waals surface area (Å²) in [5.74, 6) is 0.973. The van der Waals surface area contributed by atoms with Crippen LogP contribution in [0.1, 0.15) is 57.6 Å². The van der Waals surface area contributed by atoms with Crippen molar-refractivity contribution in [3.8, 4) is 0 Å². The lowest BCUT2D eigenvalue weighted by Crippen LogP contribution is -2.28. The molecule has 0 amide bonds. The molecule has 1 heterocycles. The predicted molar refractivity (Wildman–Crippen MR) is 74.1 cm³/mol. The molecule has 3 heteroatoms. The van der Waals surface area contributed by atoms with Gasteiger partial charge in [-0.3, -0.25) is 0 Å². The first kappa shape index (κ1) is 13.5. The minimum atomic E-state index is 0.682. The molecule has 0 radical (unpaired) electrons. The average molecular weight is 247 g/mol. The van der Waals surface area contributed by atoms with Crippen LogP contribution in [0.3, 0.4) is 0 Å². The van der Waals surface area contributed by atoms with Gasteiger partial charge in [-0.15, -0.1) is 0 Å². The molecule has 0 aliphatic heterocycles. The molecular weight excluding hydrogens is 222 g/mol. The van der Waals surface area contributed by atoms with E-state index in [2.05, 4.69) is 22.2 Å². The van der Waals surface area contributed by atoms with Crippen molar-refractivity contribution in [3.63, 3.8) is 0 Å². The van der Waals surface area contributed by atoms with E-state index in [1.807, 2.05) is 12.3 Å². The lowest BCUT2D eigenvalue weighted by atomic mass is 9.95. The molecule has 0 bridgehead atoms. The highest BCUT2D eigenvalue weighted by Gasteiger charge is 2.17. The summed E-state index contributed by atoms with van der Waals surface area (Å²) in [4.78, 5) is 8.20. The number of aromatic nitrogens is 2. The molecule has 0 spiro atoms. The summed E-state index contributed by atoms with van der Waals surface area (Å²) in [7, 11) is 0. The number of rotatable bonds is 5. The highest BCUT2D eigenvalue weighted by molar-refractivity contribution is 4.97. The van der Waals surface area contributed by atoms with Gasteiger partial charge in [0.25, 0.3) is 0 Å². The normalized spacial score (nSPS) is 24.7. The topological polar surface area (TPSA) is 37.8 Å². The Hall–Kier alpha value is -0.960. The quantitative estimate of drug-likeness (QED) is 0.811. The van der Waals surface area contributed by atoms with Crippen LogP contribution in [0, 0.1) is 5.92 Å². The smallest absolute Gasteiger partial charge is 0.115 e. The van der Waals surface area contributed by atoms with Crippen molar-refractivity contribution in [2.75, 3.05) is 0 Å². The molecular formula is C15H25N3. The SMILES string of the molecule is CCCC1CCCC(NCc2ccncn2)CC1. The predicted octanol–water partition coefficient (Wildman–Crippen LogP) is 3.32. The second-order valence-corrected chi connectivity index (χ2v) is 5.44. The summed E-state index contributed by atoms with van der Waals surface area (Å²) in [6.45, 7) is 3.18. The van der Waals surface area contributed by atoms with Crippen LogP contribution in [0.25, 0.3) is 0 Å². The van der Waals surface area contributed by atoms with Crippen molar-refractivity contribution in [1.82, 2.24) is 15.3 Å². The molecule has 0 saturated heterocycles. The summed E-state index contributed by atoms with van der Waals surface area (Å²) in [6.07, 6.45) is 13.1. The van der Waals surface area contributed by atoms with Crippen LogP contribution in [0.4, 0.5) is 0 Å². The van der Waals surface area contributed by atoms with Gasteiger partial charge in [0, 0.05) is 18.8 Å². The summed E-state index contributed by atoms with van der Waals surface area (Å²) in [6, 6.07) is 2.67. The third-order valence-electron chi connectivity index (χ3n) is 4.00. The van der Waals surface area contributed by atoms with Gasteiger partial charge in [0.05, 0.1) is 5.69 Å². The van der Waals surface area contributed by atoms with E-state index < -0.39 is 0 Å². The molecule has 1 aliphatic carbocycles. The second kappa shape index (κ2) is 7.47. The Morgan fingerprint density at radius 2 is 2.22 bits per heavy atom. The van der Waals surface area contributed by atoms with Crippen LogP contribution in [0.5, 0.6) is 0 Å². The maximum absolute atomic E-state index is 4.26. The van der Waals surface area contributed by atoms with Gasteiger partial charge in [-0.05, 0) is 31.2 Å². The lowest BCUT2D eigenvalue weighted by molar-refractivity contribution is 0.409. The molecule has 100 valence electrons. The molecule has 1 fully saturated rings. The first-order valence-electron chi connectivity index (χ1n) is 7.36. The van der Waals surface area contributed by atoms with E-state index in [9.17, 15) is 0 Å². The third-order valence-corrected chi connectivity index (χ3v) is 4.00. The van der Waals surface area contributed by atoms with Crippen LogP contribution in [-0.2, 0) is 6.54 Å². The fourth-order valence-electron chi connectivity index (χ4n) is 2.95. The average Bonchev–Trinajstić information content (AvgIpc) is 2.64. The maximum Gasteiger partial charge on any atom is 0.115 e. The molecule has 18 heavy (non-hydrogen) atoms. The standard InChI is InChI=1S/C15H25N3/c1-2-4-13-5-3-6-14(8-7-13)17-11-15-9-10-16-12-18-15/h9-10,12-14,17H,2-8,11H2,1H3. The van der Waals surface area contributed by atoms with Crippen molar-refractivity contribution in [1.29, 1.82) is 0 Å². The Labute approximate surface area is 110 Å². The van der Waals surface area contributed by atoms with Gasteiger partial charge in [-0.25, -0.2) is 9.97 Å². The number of nitrogens with one attached hydrogen (secondary N) is 1. The summed E-state index contributed by atoms with van der Waals surface area (Å²) in [5.41, 5.74) is 1.10. The summed E-state index contributed by atoms with van der Waals surface area (Å²) >= 11 is 0. The van der Waals surface area contributed by atoms with Crippen LogP contribution < -0.4 is 5.32 Å². The van der Waals surface area contributed by atoms with Crippen LogP contribution in [0.15, 0.2) is 18.6 Å².